The Hall–Kier alpha value is -2.25. The lowest BCUT2D eigenvalue weighted by atomic mass is 10.1. The van der Waals surface area contributed by atoms with Crippen molar-refractivity contribution in [2.24, 2.45) is 0 Å². The van der Waals surface area contributed by atoms with Crippen molar-refractivity contribution in [3.63, 3.8) is 0 Å². The Morgan fingerprint density at radius 3 is 3.00 bits per heavy atom. The number of ether oxygens (including phenoxy) is 2. The minimum Gasteiger partial charge on any atom is -0.385 e. The van der Waals surface area contributed by atoms with Crippen LogP contribution in [0.25, 0.3) is 11.5 Å². The largest absolute Gasteiger partial charge is 0.385 e. The van der Waals surface area contributed by atoms with Gasteiger partial charge in [-0.2, -0.15) is 4.98 Å². The molecule has 1 aliphatic rings. The molecule has 2 heterocycles. The average molecular weight is 331 g/mol. The lowest BCUT2D eigenvalue weighted by molar-refractivity contribution is -0.140. The first-order valence-electron chi connectivity index (χ1n) is 8.05. The van der Waals surface area contributed by atoms with Gasteiger partial charge in [0.15, 0.2) is 5.82 Å². The fourth-order valence-corrected chi connectivity index (χ4v) is 2.70. The average Bonchev–Trinajstić information content (AvgIpc) is 3.12. The van der Waals surface area contributed by atoms with Crippen LogP contribution in [0.15, 0.2) is 34.9 Å². The summed E-state index contributed by atoms with van der Waals surface area (Å²) in [7, 11) is 1.63. The first-order valence-corrected chi connectivity index (χ1v) is 8.05. The van der Waals surface area contributed by atoms with E-state index < -0.39 is 0 Å². The monoisotopic (exact) mass is 331 g/mol. The zero-order valence-corrected chi connectivity index (χ0v) is 13.7. The Labute approximate surface area is 140 Å². The predicted molar refractivity (Wildman–Crippen MR) is 86.1 cm³/mol. The maximum atomic E-state index is 12.5. The van der Waals surface area contributed by atoms with E-state index in [-0.39, 0.29) is 11.9 Å². The Morgan fingerprint density at radius 2 is 2.21 bits per heavy atom. The highest BCUT2D eigenvalue weighted by Gasteiger charge is 2.32. The summed E-state index contributed by atoms with van der Waals surface area (Å²) in [6.45, 7) is 2.01. The van der Waals surface area contributed by atoms with Crippen LogP contribution in [0.3, 0.4) is 0 Å². The molecule has 0 spiro atoms. The fourth-order valence-electron chi connectivity index (χ4n) is 2.70. The molecule has 0 bridgehead atoms. The molecule has 1 saturated heterocycles. The molecule has 0 N–H and O–H groups in total. The number of hydrogen-bond donors (Lipinski definition) is 0. The lowest BCUT2D eigenvalue weighted by Gasteiger charge is -2.33. The molecule has 0 unspecified atom stereocenters. The van der Waals surface area contributed by atoms with Gasteiger partial charge in [0.05, 0.1) is 13.2 Å². The van der Waals surface area contributed by atoms with Gasteiger partial charge >= 0.3 is 0 Å². The lowest BCUT2D eigenvalue weighted by Crippen LogP contribution is -2.43. The zero-order chi connectivity index (χ0) is 16.8. The van der Waals surface area contributed by atoms with Gasteiger partial charge in [0.25, 0.3) is 5.89 Å². The van der Waals surface area contributed by atoms with Gasteiger partial charge in [-0.25, -0.2) is 0 Å². The second-order valence-electron chi connectivity index (χ2n) is 5.60. The summed E-state index contributed by atoms with van der Waals surface area (Å²) < 4.78 is 15.9. The van der Waals surface area contributed by atoms with Crippen LogP contribution >= 0.6 is 0 Å². The standard InChI is InChI=1S/C17H21N3O4/c1-22-10-5-8-15(21)20-9-11-23-12-14(20)16-18-17(24-19-16)13-6-3-2-4-7-13/h2-4,6-7,14H,5,8-12H2,1H3/t14-/m0/s1. The Kier molecular flexibility index (Phi) is 5.55. The first-order chi connectivity index (χ1) is 11.8. The Balaban J connectivity index is 1.74. The molecule has 0 radical (unpaired) electrons. The van der Waals surface area contributed by atoms with Crippen molar-refractivity contribution in [1.29, 1.82) is 0 Å². The number of carbonyl (C=O) groups is 1. The summed E-state index contributed by atoms with van der Waals surface area (Å²) in [6.07, 6.45) is 1.13. The van der Waals surface area contributed by atoms with E-state index in [0.29, 0.717) is 50.9 Å². The van der Waals surface area contributed by atoms with Crippen LogP contribution in [0.4, 0.5) is 0 Å². The molecule has 0 saturated carbocycles. The van der Waals surface area contributed by atoms with Crippen LogP contribution in [0.1, 0.15) is 24.7 Å². The van der Waals surface area contributed by atoms with Crippen molar-refractivity contribution < 1.29 is 18.8 Å². The van der Waals surface area contributed by atoms with Crippen molar-refractivity contribution in [3.8, 4) is 11.5 Å². The van der Waals surface area contributed by atoms with Gasteiger partial charge in [-0.1, -0.05) is 23.4 Å². The Morgan fingerprint density at radius 1 is 1.38 bits per heavy atom. The normalized spacial score (nSPS) is 17.9. The second kappa shape index (κ2) is 8.03. The fraction of sp³-hybridized carbons (Fsp3) is 0.471. The summed E-state index contributed by atoms with van der Waals surface area (Å²) in [5.41, 5.74) is 0.853. The van der Waals surface area contributed by atoms with E-state index in [1.54, 1.807) is 12.0 Å². The number of methoxy groups -OCH3 is 1. The number of carbonyl (C=O) groups excluding carboxylic acids is 1. The summed E-state index contributed by atoms with van der Waals surface area (Å²) in [5, 5.41) is 4.06. The van der Waals surface area contributed by atoms with Crippen LogP contribution in [0.2, 0.25) is 0 Å². The van der Waals surface area contributed by atoms with E-state index in [0.717, 1.165) is 5.56 Å². The quantitative estimate of drug-likeness (QED) is 0.754. The molecule has 1 atom stereocenters. The topological polar surface area (TPSA) is 77.7 Å². The van der Waals surface area contributed by atoms with E-state index in [4.69, 9.17) is 14.0 Å². The van der Waals surface area contributed by atoms with Crippen LogP contribution in [0.5, 0.6) is 0 Å². The number of aromatic nitrogens is 2. The number of morpholine rings is 1. The van der Waals surface area contributed by atoms with Gasteiger partial charge < -0.3 is 18.9 Å². The molecule has 1 fully saturated rings. The minimum atomic E-state index is -0.310. The molecule has 1 aromatic heterocycles. The van der Waals surface area contributed by atoms with E-state index >= 15 is 0 Å². The third-order valence-electron chi connectivity index (χ3n) is 3.95. The number of rotatable bonds is 6. The molecule has 0 aliphatic carbocycles. The van der Waals surface area contributed by atoms with Crippen molar-refractivity contribution in [2.45, 2.75) is 18.9 Å². The summed E-state index contributed by atoms with van der Waals surface area (Å²) in [6, 6.07) is 9.25. The predicted octanol–water partition coefficient (Wildman–Crippen LogP) is 2.06. The van der Waals surface area contributed by atoms with Gasteiger partial charge in [-0.15, -0.1) is 0 Å². The van der Waals surface area contributed by atoms with E-state index in [1.807, 2.05) is 30.3 Å². The van der Waals surface area contributed by atoms with E-state index in [2.05, 4.69) is 10.1 Å². The van der Waals surface area contributed by atoms with Gasteiger partial charge in [-0.05, 0) is 18.6 Å². The third kappa shape index (κ3) is 3.80. The van der Waals surface area contributed by atoms with E-state index in [9.17, 15) is 4.79 Å². The van der Waals surface area contributed by atoms with Crippen molar-refractivity contribution in [3.05, 3.63) is 36.2 Å². The number of benzene rings is 1. The van der Waals surface area contributed by atoms with E-state index in [1.165, 1.54) is 0 Å². The first kappa shape index (κ1) is 16.6. The third-order valence-corrected chi connectivity index (χ3v) is 3.95. The molecule has 2 aromatic rings. The number of amides is 1. The number of nitrogens with zero attached hydrogens (tertiary/aromatic N) is 3. The molecular formula is C17H21N3O4. The summed E-state index contributed by atoms with van der Waals surface area (Å²) in [4.78, 5) is 18.7. The molecule has 7 nitrogen and oxygen atoms in total. The smallest absolute Gasteiger partial charge is 0.257 e. The summed E-state index contributed by atoms with van der Waals surface area (Å²) >= 11 is 0. The molecule has 7 heteroatoms. The minimum absolute atomic E-state index is 0.0615. The molecule has 1 aliphatic heterocycles. The van der Waals surface area contributed by atoms with Crippen molar-refractivity contribution in [2.75, 3.05) is 33.5 Å². The second-order valence-corrected chi connectivity index (χ2v) is 5.60. The highest BCUT2D eigenvalue weighted by molar-refractivity contribution is 5.76. The molecule has 1 amide bonds. The molecule has 24 heavy (non-hydrogen) atoms. The number of hydrogen-bond acceptors (Lipinski definition) is 6. The molecule has 3 rings (SSSR count). The Bertz CT molecular complexity index is 659. The van der Waals surface area contributed by atoms with Crippen LogP contribution < -0.4 is 0 Å². The summed E-state index contributed by atoms with van der Waals surface area (Å²) in [5.74, 6) is 0.989. The van der Waals surface area contributed by atoms with Crippen molar-refractivity contribution >= 4 is 5.91 Å². The molecular weight excluding hydrogens is 310 g/mol. The van der Waals surface area contributed by atoms with Gasteiger partial charge in [0.1, 0.15) is 6.04 Å². The van der Waals surface area contributed by atoms with Gasteiger partial charge in [0.2, 0.25) is 5.91 Å². The highest BCUT2D eigenvalue weighted by atomic mass is 16.5. The zero-order valence-electron chi connectivity index (χ0n) is 13.7. The maximum Gasteiger partial charge on any atom is 0.257 e. The molecule has 1 aromatic carbocycles. The van der Waals surface area contributed by atoms with Crippen LogP contribution in [-0.2, 0) is 14.3 Å². The van der Waals surface area contributed by atoms with Gasteiger partial charge in [-0.3, -0.25) is 4.79 Å². The maximum absolute atomic E-state index is 12.5. The highest BCUT2D eigenvalue weighted by Crippen LogP contribution is 2.25. The SMILES string of the molecule is COCCCC(=O)N1CCOC[C@H]1c1noc(-c2ccccc2)n1. The van der Waals surface area contributed by atoms with Gasteiger partial charge in [0, 0.05) is 32.2 Å². The van der Waals surface area contributed by atoms with Crippen molar-refractivity contribution in [1.82, 2.24) is 15.0 Å². The molecule has 128 valence electrons. The van der Waals surface area contributed by atoms with Crippen LogP contribution in [-0.4, -0.2) is 54.4 Å². The van der Waals surface area contributed by atoms with Crippen LogP contribution in [0, 0.1) is 0 Å².